The number of nitrogens with zero attached hydrogens (tertiary/aromatic N) is 3. The fourth-order valence-electron chi connectivity index (χ4n) is 4.92. The van der Waals surface area contributed by atoms with Crippen LogP contribution in [0.25, 0.3) is 43.4 Å². The van der Waals surface area contributed by atoms with Crippen LogP contribution in [-0.4, -0.2) is 15.3 Å². The second-order valence-electron chi connectivity index (χ2n) is 9.39. The molecule has 5 aromatic heterocycles. The average Bonchev–Trinajstić information content (AvgIpc) is 3.73. The Bertz CT molecular complexity index is 1960. The number of ketones is 1. The number of carbonyl (C=O) groups is 1. The molecule has 0 N–H and O–H groups in total. The summed E-state index contributed by atoms with van der Waals surface area (Å²) < 4.78 is 15.7. The minimum atomic E-state index is -0.477. The number of benzene rings is 2. The highest BCUT2D eigenvalue weighted by Crippen LogP contribution is 2.39. The van der Waals surface area contributed by atoms with Crippen molar-refractivity contribution in [2.75, 3.05) is 0 Å². The van der Waals surface area contributed by atoms with Gasteiger partial charge >= 0.3 is 5.82 Å². The first-order chi connectivity index (χ1) is 18.5. The topological polar surface area (TPSA) is 88.3 Å². The fourth-order valence-corrected chi connectivity index (χ4v) is 6.11. The smallest absolute Gasteiger partial charge is 0.374 e. The van der Waals surface area contributed by atoms with Crippen LogP contribution in [0.1, 0.15) is 41.4 Å². The molecule has 2 aromatic carbocycles. The third-order valence-corrected chi connectivity index (χ3v) is 7.93. The van der Waals surface area contributed by atoms with Crippen molar-refractivity contribution in [2.24, 2.45) is 0 Å². The molecule has 0 aliphatic heterocycles. The standard InChI is InChI=1S/C30H21N3O4S/c1-17(2)18-11-13-19(14-12-18)32-28-25(24(29(32)35)26(34)21-8-5-15-36-21)30-33(20-7-3-4-10-23(20)38-30)27(31-28)22-9-6-16-37-22/h3-17H,1-2H3. The molecule has 0 aliphatic carbocycles. The highest BCUT2D eigenvalue weighted by Gasteiger charge is 2.33. The highest BCUT2D eigenvalue weighted by atomic mass is 32.1. The second-order valence-corrected chi connectivity index (χ2v) is 10.4. The van der Waals surface area contributed by atoms with Gasteiger partial charge < -0.3 is 13.9 Å². The zero-order valence-corrected chi connectivity index (χ0v) is 21.4. The van der Waals surface area contributed by atoms with Crippen LogP contribution in [0.15, 0.2) is 94.2 Å². The molecular weight excluding hydrogens is 498 g/mol. The molecule has 0 saturated carbocycles. The number of fused-ring (bicyclic) bond motifs is 5. The third-order valence-electron chi connectivity index (χ3n) is 6.79. The predicted octanol–water partition coefficient (Wildman–Crippen LogP) is 6.26. The minimum Gasteiger partial charge on any atom is -0.859 e. The van der Waals surface area contributed by atoms with Crippen molar-refractivity contribution in [2.45, 2.75) is 19.8 Å². The lowest BCUT2D eigenvalue weighted by atomic mass is 10.0. The quantitative estimate of drug-likeness (QED) is 0.198. The van der Waals surface area contributed by atoms with Crippen LogP contribution in [-0.2, 0) is 0 Å². The van der Waals surface area contributed by atoms with E-state index in [1.165, 1.54) is 22.2 Å². The molecule has 0 fully saturated rings. The van der Waals surface area contributed by atoms with Gasteiger partial charge in [0.25, 0.3) is 5.65 Å². The maximum Gasteiger partial charge on any atom is 0.374 e. The maximum absolute atomic E-state index is 14.1. The molecule has 7 aromatic rings. The molecule has 186 valence electrons. The Morgan fingerprint density at radius 1 is 0.974 bits per heavy atom. The van der Waals surface area contributed by atoms with Gasteiger partial charge in [-0.1, -0.05) is 49.4 Å². The number of carbonyl (C=O) groups excluding carboxylic acids is 1. The van der Waals surface area contributed by atoms with Crippen molar-refractivity contribution < 1.29 is 23.1 Å². The Morgan fingerprint density at radius 2 is 1.74 bits per heavy atom. The zero-order chi connectivity index (χ0) is 26.0. The van der Waals surface area contributed by atoms with Crippen molar-refractivity contribution >= 4 is 43.2 Å². The largest absolute Gasteiger partial charge is 0.859 e. The number of hydrogen-bond acceptors (Lipinski definition) is 6. The van der Waals surface area contributed by atoms with Gasteiger partial charge in [-0.2, -0.15) is 4.40 Å². The normalized spacial score (nSPS) is 11.9. The van der Waals surface area contributed by atoms with E-state index in [4.69, 9.17) is 13.8 Å². The van der Waals surface area contributed by atoms with Crippen LogP contribution in [0.5, 0.6) is 5.88 Å². The van der Waals surface area contributed by atoms with Gasteiger partial charge in [0, 0.05) is 5.69 Å². The molecule has 7 rings (SSSR count). The van der Waals surface area contributed by atoms with Crippen LogP contribution in [0.3, 0.4) is 0 Å². The van der Waals surface area contributed by atoms with Crippen molar-refractivity contribution in [3.05, 3.63) is 102 Å². The molecular formula is C30H21N3O4S. The van der Waals surface area contributed by atoms with Crippen LogP contribution in [0, 0.1) is 0 Å². The van der Waals surface area contributed by atoms with E-state index in [1.807, 2.05) is 59.0 Å². The summed E-state index contributed by atoms with van der Waals surface area (Å²) in [6.45, 7) is 4.23. The number of aromatic nitrogens is 3. The van der Waals surface area contributed by atoms with Crippen molar-refractivity contribution in [3.8, 4) is 23.2 Å². The van der Waals surface area contributed by atoms with Crippen LogP contribution in [0.2, 0.25) is 0 Å². The summed E-state index contributed by atoms with van der Waals surface area (Å²) in [5, 5.41) is 14.6. The molecule has 0 saturated heterocycles. The third kappa shape index (κ3) is 3.23. The van der Waals surface area contributed by atoms with E-state index in [2.05, 4.69) is 13.8 Å². The van der Waals surface area contributed by atoms with Gasteiger partial charge in [-0.3, -0.25) is 9.36 Å². The molecule has 0 atom stereocenters. The van der Waals surface area contributed by atoms with Gasteiger partial charge in [0.1, 0.15) is 5.39 Å². The molecule has 38 heavy (non-hydrogen) atoms. The summed E-state index contributed by atoms with van der Waals surface area (Å²) in [5.41, 5.74) is 3.11. The molecule has 0 amide bonds. The Hall–Kier alpha value is -4.69. The number of para-hydroxylation sites is 1. The summed E-state index contributed by atoms with van der Waals surface area (Å²) in [7, 11) is 0. The lowest BCUT2D eigenvalue weighted by Gasteiger charge is -2.14. The number of rotatable bonds is 5. The Labute approximate surface area is 220 Å². The number of hydrogen-bond donors (Lipinski definition) is 0. The Morgan fingerprint density at radius 3 is 2.45 bits per heavy atom. The zero-order valence-electron chi connectivity index (χ0n) is 20.5. The van der Waals surface area contributed by atoms with Gasteiger partial charge in [-0.05, 0) is 70.9 Å². The van der Waals surface area contributed by atoms with Gasteiger partial charge in [-0.25, -0.2) is 0 Å². The van der Waals surface area contributed by atoms with Crippen LogP contribution >= 0.6 is 11.3 Å². The van der Waals surface area contributed by atoms with Crippen LogP contribution < -0.4 is 9.51 Å². The van der Waals surface area contributed by atoms with E-state index in [9.17, 15) is 9.90 Å². The van der Waals surface area contributed by atoms with Crippen molar-refractivity contribution in [1.29, 1.82) is 0 Å². The molecule has 5 heterocycles. The molecule has 0 aliphatic rings. The fraction of sp³-hybridized carbons (Fsp3) is 0.100. The number of furan rings is 2. The van der Waals surface area contributed by atoms with Gasteiger partial charge in [-0.15, -0.1) is 0 Å². The molecule has 0 radical (unpaired) electrons. The summed E-state index contributed by atoms with van der Waals surface area (Å²) in [6, 6.07) is 22.6. The Kier molecular flexibility index (Phi) is 4.99. The minimum absolute atomic E-state index is 0.0328. The van der Waals surface area contributed by atoms with E-state index < -0.39 is 11.7 Å². The highest BCUT2D eigenvalue weighted by molar-refractivity contribution is 7.24. The van der Waals surface area contributed by atoms with Gasteiger partial charge in [0.05, 0.1) is 22.8 Å². The summed E-state index contributed by atoms with van der Waals surface area (Å²) >= 11 is 1.50. The number of thiazole rings is 1. The van der Waals surface area contributed by atoms with E-state index in [-0.39, 0.29) is 11.3 Å². The first-order valence-electron chi connectivity index (χ1n) is 12.2. The van der Waals surface area contributed by atoms with E-state index in [1.54, 1.807) is 24.5 Å². The van der Waals surface area contributed by atoms with Crippen LogP contribution in [0.4, 0.5) is 0 Å². The molecule has 8 heteroatoms. The molecule has 7 nitrogen and oxygen atoms in total. The maximum atomic E-state index is 14.1. The summed E-state index contributed by atoms with van der Waals surface area (Å²) in [6.07, 6.45) is 3.02. The molecule has 0 spiro atoms. The van der Waals surface area contributed by atoms with E-state index in [0.29, 0.717) is 34.2 Å². The van der Waals surface area contributed by atoms with Gasteiger partial charge in [0.2, 0.25) is 16.4 Å². The van der Waals surface area contributed by atoms with Crippen molar-refractivity contribution in [3.63, 3.8) is 0 Å². The summed E-state index contributed by atoms with van der Waals surface area (Å²) in [5.74, 6) is 0.623. The predicted molar refractivity (Wildman–Crippen MR) is 143 cm³/mol. The molecule has 0 bridgehead atoms. The van der Waals surface area contributed by atoms with E-state index in [0.717, 1.165) is 20.6 Å². The van der Waals surface area contributed by atoms with Gasteiger partial charge in [0.15, 0.2) is 11.3 Å². The monoisotopic (exact) mass is 519 g/mol. The van der Waals surface area contributed by atoms with Crippen molar-refractivity contribution in [1.82, 2.24) is 9.55 Å². The SMILES string of the molecule is CC(C)c1ccc(-n2c([O-])c(C(=O)c3ccco3)c3c2nc(-c2ccco2)[n+]2c4ccccc4sc32)cc1. The Balaban J connectivity index is 1.66. The first-order valence-corrected chi connectivity index (χ1v) is 13.1. The molecule has 0 unspecified atom stereocenters. The first kappa shape index (κ1) is 22.5. The van der Waals surface area contributed by atoms with E-state index >= 15 is 0 Å². The summed E-state index contributed by atoms with van der Waals surface area (Å²) in [4.78, 5) is 19.5. The second kappa shape index (κ2) is 8.43. The average molecular weight is 520 g/mol. The lowest BCUT2D eigenvalue weighted by Crippen LogP contribution is -2.25. The lowest BCUT2D eigenvalue weighted by molar-refractivity contribution is -0.467.